The summed E-state index contributed by atoms with van der Waals surface area (Å²) in [6, 6.07) is 4.28. The number of nitrogens with zero attached hydrogens (tertiary/aromatic N) is 2. The van der Waals surface area contributed by atoms with Gasteiger partial charge >= 0.3 is 6.18 Å². The first-order valence-corrected chi connectivity index (χ1v) is 8.84. The average molecular weight is 347 g/mol. The first kappa shape index (κ1) is 15.8. The summed E-state index contributed by atoms with van der Waals surface area (Å²) in [6.45, 7) is 2.65. The molecule has 1 atom stereocenters. The molecule has 0 bridgehead atoms. The second-order valence-corrected chi connectivity index (χ2v) is 7.03. The van der Waals surface area contributed by atoms with Crippen LogP contribution in [0.5, 0.6) is 0 Å². The van der Waals surface area contributed by atoms with Crippen molar-refractivity contribution in [1.82, 2.24) is 9.88 Å². The van der Waals surface area contributed by atoms with Crippen molar-refractivity contribution in [3.8, 4) is 0 Å². The summed E-state index contributed by atoms with van der Waals surface area (Å²) in [6.07, 6.45) is -2.02. The molecule has 0 spiro atoms. The molecule has 1 aliphatic rings. The van der Waals surface area contributed by atoms with Gasteiger partial charge in [-0.25, -0.2) is 4.98 Å². The van der Waals surface area contributed by atoms with E-state index in [1.165, 1.54) is 17.7 Å². The van der Waals surface area contributed by atoms with Crippen molar-refractivity contribution in [2.45, 2.75) is 25.1 Å². The van der Waals surface area contributed by atoms with Gasteiger partial charge in [0, 0.05) is 16.8 Å². The minimum atomic E-state index is -4.38. The van der Waals surface area contributed by atoms with Gasteiger partial charge in [0.15, 0.2) is 10.8 Å². The highest BCUT2D eigenvalue weighted by Crippen LogP contribution is 2.33. The molecule has 2 aromatic heterocycles. The molecule has 8 heteroatoms. The summed E-state index contributed by atoms with van der Waals surface area (Å²) in [5.41, 5.74) is -0.825. The second kappa shape index (κ2) is 6.55. The molecule has 3 nitrogen and oxygen atoms in total. The molecule has 0 amide bonds. The SMILES string of the molecule is FC(F)(F)c1csc(NCC(c2cccs2)N2CCCC2)n1. The van der Waals surface area contributed by atoms with Crippen molar-refractivity contribution in [1.29, 1.82) is 0 Å². The van der Waals surface area contributed by atoms with Crippen LogP contribution in [0.4, 0.5) is 18.3 Å². The lowest BCUT2D eigenvalue weighted by atomic mass is 10.2. The van der Waals surface area contributed by atoms with Gasteiger partial charge < -0.3 is 5.32 Å². The molecule has 120 valence electrons. The number of rotatable bonds is 5. The van der Waals surface area contributed by atoms with Gasteiger partial charge in [0.2, 0.25) is 0 Å². The van der Waals surface area contributed by atoms with E-state index in [0.717, 1.165) is 29.8 Å². The summed E-state index contributed by atoms with van der Waals surface area (Å²) in [5.74, 6) is 0. The number of aromatic nitrogens is 1. The highest BCUT2D eigenvalue weighted by Gasteiger charge is 2.34. The van der Waals surface area contributed by atoms with Gasteiger partial charge in [-0.1, -0.05) is 6.07 Å². The van der Waals surface area contributed by atoms with Crippen LogP contribution in [-0.4, -0.2) is 29.5 Å². The maximum atomic E-state index is 12.6. The van der Waals surface area contributed by atoms with Crippen molar-refractivity contribution in [3.05, 3.63) is 33.5 Å². The van der Waals surface area contributed by atoms with E-state index >= 15 is 0 Å². The van der Waals surface area contributed by atoms with Crippen LogP contribution in [0.15, 0.2) is 22.9 Å². The third-order valence-electron chi connectivity index (χ3n) is 3.69. The van der Waals surface area contributed by atoms with Crippen LogP contribution in [0.25, 0.3) is 0 Å². The van der Waals surface area contributed by atoms with E-state index in [0.29, 0.717) is 11.7 Å². The first-order valence-electron chi connectivity index (χ1n) is 7.08. The summed E-state index contributed by atoms with van der Waals surface area (Å²) in [7, 11) is 0. The van der Waals surface area contributed by atoms with Crippen LogP contribution in [0.2, 0.25) is 0 Å². The number of hydrogen-bond acceptors (Lipinski definition) is 5. The minimum absolute atomic E-state index is 0.195. The molecule has 0 radical (unpaired) electrons. The Kier molecular flexibility index (Phi) is 4.70. The molecule has 0 aromatic carbocycles. The Hall–Kier alpha value is -1.12. The van der Waals surface area contributed by atoms with Crippen LogP contribution in [0.3, 0.4) is 0 Å². The summed E-state index contributed by atoms with van der Waals surface area (Å²) >= 11 is 2.68. The minimum Gasteiger partial charge on any atom is -0.360 e. The fourth-order valence-corrected chi connectivity index (χ4v) is 4.20. The predicted octanol–water partition coefficient (Wildman–Crippen LogP) is 4.47. The van der Waals surface area contributed by atoms with Crippen molar-refractivity contribution in [2.75, 3.05) is 25.0 Å². The number of alkyl halides is 3. The molecule has 1 unspecified atom stereocenters. The molecule has 1 aliphatic heterocycles. The molecule has 1 saturated heterocycles. The first-order chi connectivity index (χ1) is 10.5. The van der Waals surface area contributed by atoms with Gasteiger partial charge in [0.25, 0.3) is 0 Å². The lowest BCUT2D eigenvalue weighted by molar-refractivity contribution is -0.140. The number of hydrogen-bond donors (Lipinski definition) is 1. The molecule has 1 N–H and O–H groups in total. The van der Waals surface area contributed by atoms with Crippen molar-refractivity contribution >= 4 is 27.8 Å². The van der Waals surface area contributed by atoms with Crippen molar-refractivity contribution in [3.63, 3.8) is 0 Å². The normalized spacial score (nSPS) is 17.8. The third-order valence-corrected chi connectivity index (χ3v) is 5.47. The molecule has 0 saturated carbocycles. The molecule has 3 heterocycles. The fourth-order valence-electron chi connectivity index (χ4n) is 2.61. The quantitative estimate of drug-likeness (QED) is 0.865. The Balaban J connectivity index is 1.67. The van der Waals surface area contributed by atoms with E-state index < -0.39 is 11.9 Å². The average Bonchev–Trinajstić information content (AvgIpc) is 3.22. The number of thiophene rings is 1. The van der Waals surface area contributed by atoms with E-state index in [4.69, 9.17) is 0 Å². The largest absolute Gasteiger partial charge is 0.434 e. The van der Waals surface area contributed by atoms with E-state index in [1.54, 1.807) is 11.3 Å². The van der Waals surface area contributed by atoms with Gasteiger partial charge in [0.05, 0.1) is 6.04 Å². The smallest absolute Gasteiger partial charge is 0.360 e. The lowest BCUT2D eigenvalue weighted by Crippen LogP contribution is -2.30. The highest BCUT2D eigenvalue weighted by atomic mass is 32.1. The van der Waals surface area contributed by atoms with Gasteiger partial charge in [-0.2, -0.15) is 13.2 Å². The monoisotopic (exact) mass is 347 g/mol. The zero-order valence-electron chi connectivity index (χ0n) is 11.8. The number of likely N-dealkylation sites (tertiary alicyclic amines) is 1. The Morgan fingerprint density at radius 3 is 2.64 bits per heavy atom. The summed E-state index contributed by atoms with van der Waals surface area (Å²) in [5, 5.41) is 6.49. The Morgan fingerprint density at radius 1 is 1.27 bits per heavy atom. The number of nitrogens with one attached hydrogen (secondary N) is 1. The van der Waals surface area contributed by atoms with Crippen LogP contribution in [-0.2, 0) is 6.18 Å². The van der Waals surface area contributed by atoms with E-state index in [9.17, 15) is 13.2 Å². The molecule has 3 rings (SSSR count). The van der Waals surface area contributed by atoms with Crippen LogP contribution in [0, 0.1) is 0 Å². The second-order valence-electron chi connectivity index (χ2n) is 5.19. The van der Waals surface area contributed by atoms with Gasteiger partial charge in [-0.05, 0) is 37.4 Å². The van der Waals surface area contributed by atoms with E-state index in [1.807, 2.05) is 11.4 Å². The molecule has 1 fully saturated rings. The van der Waals surface area contributed by atoms with Gasteiger partial charge in [-0.15, -0.1) is 22.7 Å². The molecular formula is C14H16F3N3S2. The highest BCUT2D eigenvalue weighted by molar-refractivity contribution is 7.13. The Morgan fingerprint density at radius 2 is 2.05 bits per heavy atom. The fraction of sp³-hybridized carbons (Fsp3) is 0.500. The van der Waals surface area contributed by atoms with E-state index in [2.05, 4.69) is 21.3 Å². The predicted molar refractivity (Wildman–Crippen MR) is 83.5 cm³/mol. The zero-order chi connectivity index (χ0) is 15.6. The Labute approximate surface area is 134 Å². The topological polar surface area (TPSA) is 28.2 Å². The maximum Gasteiger partial charge on any atom is 0.434 e. The number of halogens is 3. The standard InChI is InChI=1S/C14H16F3N3S2/c15-14(16,17)12-9-22-13(19-12)18-8-10(11-4-3-7-21-11)20-5-1-2-6-20/h3-4,7,9-10H,1-2,5-6,8H2,(H,18,19). The van der Waals surface area contributed by atoms with Crippen LogP contribution >= 0.6 is 22.7 Å². The number of anilines is 1. The number of thiazole rings is 1. The third kappa shape index (κ3) is 3.61. The van der Waals surface area contributed by atoms with Gasteiger partial charge in [-0.3, -0.25) is 4.90 Å². The lowest BCUT2D eigenvalue weighted by Gasteiger charge is -2.26. The Bertz CT molecular complexity index is 589. The molecule has 2 aromatic rings. The van der Waals surface area contributed by atoms with Crippen LogP contribution < -0.4 is 5.32 Å². The summed E-state index contributed by atoms with van der Waals surface area (Å²) in [4.78, 5) is 7.25. The summed E-state index contributed by atoms with van der Waals surface area (Å²) < 4.78 is 37.7. The van der Waals surface area contributed by atoms with Crippen LogP contribution in [0.1, 0.15) is 29.5 Å². The molecular weight excluding hydrogens is 331 g/mol. The van der Waals surface area contributed by atoms with Gasteiger partial charge in [0.1, 0.15) is 0 Å². The molecule has 0 aliphatic carbocycles. The van der Waals surface area contributed by atoms with Crippen molar-refractivity contribution in [2.24, 2.45) is 0 Å². The van der Waals surface area contributed by atoms with E-state index in [-0.39, 0.29) is 6.04 Å². The molecule has 22 heavy (non-hydrogen) atoms. The van der Waals surface area contributed by atoms with Crippen molar-refractivity contribution < 1.29 is 13.2 Å². The zero-order valence-corrected chi connectivity index (χ0v) is 13.4. The maximum absolute atomic E-state index is 12.6.